The Hall–Kier alpha value is -1.46. The summed E-state index contributed by atoms with van der Waals surface area (Å²) in [4.78, 5) is 10.8. The van der Waals surface area contributed by atoms with Crippen LogP contribution in [0.5, 0.6) is 0 Å². The minimum Gasteiger partial charge on any atom is -0.481 e. The number of aromatic nitrogens is 4. The molecule has 1 saturated carbocycles. The van der Waals surface area contributed by atoms with Gasteiger partial charge >= 0.3 is 5.97 Å². The predicted molar refractivity (Wildman–Crippen MR) is 55.9 cm³/mol. The van der Waals surface area contributed by atoms with Crippen molar-refractivity contribution in [2.24, 2.45) is 5.92 Å². The summed E-state index contributed by atoms with van der Waals surface area (Å²) in [6.07, 6.45) is 2.26. The molecule has 1 heterocycles. The molecule has 0 saturated heterocycles. The monoisotopic (exact) mass is 224 g/mol. The molecular weight excluding hydrogens is 208 g/mol. The summed E-state index contributed by atoms with van der Waals surface area (Å²) in [5.41, 5.74) is 0. The fourth-order valence-electron chi connectivity index (χ4n) is 1.93. The molecule has 1 fully saturated rings. The number of tetrazole rings is 1. The smallest absolute Gasteiger partial charge is 0.305 e. The molecule has 16 heavy (non-hydrogen) atoms. The lowest BCUT2D eigenvalue weighted by atomic mass is 10.1. The van der Waals surface area contributed by atoms with Crippen molar-refractivity contribution in [3.8, 4) is 0 Å². The van der Waals surface area contributed by atoms with E-state index in [0.717, 1.165) is 18.7 Å². The van der Waals surface area contributed by atoms with Crippen LogP contribution in [0.1, 0.15) is 50.9 Å². The summed E-state index contributed by atoms with van der Waals surface area (Å²) in [5, 5.41) is 20.5. The quantitative estimate of drug-likeness (QED) is 0.813. The van der Waals surface area contributed by atoms with E-state index in [1.807, 2.05) is 13.8 Å². The van der Waals surface area contributed by atoms with Gasteiger partial charge in [0.05, 0.1) is 12.5 Å². The second kappa shape index (κ2) is 4.19. The average molecular weight is 224 g/mol. The van der Waals surface area contributed by atoms with Gasteiger partial charge in [0.25, 0.3) is 0 Å². The number of rotatable bonds is 5. The van der Waals surface area contributed by atoms with E-state index in [4.69, 9.17) is 5.11 Å². The van der Waals surface area contributed by atoms with Gasteiger partial charge in [0, 0.05) is 5.92 Å². The molecule has 0 spiro atoms. The Kier molecular flexibility index (Phi) is 2.89. The Morgan fingerprint density at radius 3 is 2.75 bits per heavy atom. The van der Waals surface area contributed by atoms with Crippen LogP contribution in [-0.4, -0.2) is 31.3 Å². The summed E-state index contributed by atoms with van der Waals surface area (Å²) in [5.74, 6) is 0.627. The van der Waals surface area contributed by atoms with Gasteiger partial charge in [-0.05, 0) is 29.2 Å². The largest absolute Gasteiger partial charge is 0.481 e. The number of carboxylic acids is 1. The van der Waals surface area contributed by atoms with Crippen molar-refractivity contribution in [2.45, 2.75) is 45.1 Å². The van der Waals surface area contributed by atoms with Gasteiger partial charge in [-0.25, -0.2) is 4.68 Å². The highest BCUT2D eigenvalue weighted by Crippen LogP contribution is 2.41. The van der Waals surface area contributed by atoms with Crippen LogP contribution in [0.2, 0.25) is 0 Å². The average Bonchev–Trinajstić information content (AvgIpc) is 2.90. The van der Waals surface area contributed by atoms with Crippen LogP contribution < -0.4 is 0 Å². The minimum atomic E-state index is -0.790. The first kappa shape index (κ1) is 11.0. The normalized spacial score (nSPS) is 17.7. The molecule has 0 bridgehead atoms. The first-order valence-corrected chi connectivity index (χ1v) is 5.59. The molecule has 2 rings (SSSR count). The van der Waals surface area contributed by atoms with E-state index in [-0.39, 0.29) is 18.4 Å². The van der Waals surface area contributed by atoms with Crippen molar-refractivity contribution in [3.63, 3.8) is 0 Å². The van der Waals surface area contributed by atoms with Gasteiger partial charge in [0.1, 0.15) is 0 Å². The highest BCUT2D eigenvalue weighted by Gasteiger charge is 2.36. The minimum absolute atomic E-state index is 0.0788. The molecular formula is C10H16N4O2. The predicted octanol–water partition coefficient (Wildman–Crippen LogP) is 1.22. The zero-order chi connectivity index (χ0) is 11.7. The number of nitrogens with zero attached hydrogens (tertiary/aromatic N) is 4. The van der Waals surface area contributed by atoms with Crippen molar-refractivity contribution in [2.75, 3.05) is 0 Å². The summed E-state index contributed by atoms with van der Waals surface area (Å²) in [6, 6.07) is -0.0788. The lowest BCUT2D eigenvalue weighted by molar-refractivity contribution is -0.138. The van der Waals surface area contributed by atoms with Crippen molar-refractivity contribution in [1.82, 2.24) is 20.2 Å². The van der Waals surface area contributed by atoms with E-state index in [9.17, 15) is 4.79 Å². The third-order valence-corrected chi connectivity index (χ3v) is 2.90. The first-order valence-electron chi connectivity index (χ1n) is 5.59. The maximum absolute atomic E-state index is 10.8. The molecule has 1 unspecified atom stereocenters. The van der Waals surface area contributed by atoms with E-state index in [0.29, 0.717) is 5.92 Å². The molecule has 0 radical (unpaired) electrons. The van der Waals surface area contributed by atoms with Crippen LogP contribution in [0.15, 0.2) is 0 Å². The van der Waals surface area contributed by atoms with E-state index >= 15 is 0 Å². The fraction of sp³-hybridized carbons (Fsp3) is 0.800. The zero-order valence-electron chi connectivity index (χ0n) is 9.50. The molecule has 1 aromatic heterocycles. The molecule has 1 aliphatic carbocycles. The molecule has 6 heteroatoms. The lowest BCUT2D eigenvalue weighted by Crippen LogP contribution is -2.20. The fourth-order valence-corrected chi connectivity index (χ4v) is 1.93. The van der Waals surface area contributed by atoms with Crippen LogP contribution in [0, 0.1) is 5.92 Å². The van der Waals surface area contributed by atoms with Crippen molar-refractivity contribution >= 4 is 5.97 Å². The molecule has 1 N–H and O–H groups in total. The van der Waals surface area contributed by atoms with E-state index in [1.54, 1.807) is 4.68 Å². The molecule has 88 valence electrons. The van der Waals surface area contributed by atoms with Gasteiger partial charge in [-0.2, -0.15) is 0 Å². The van der Waals surface area contributed by atoms with Crippen molar-refractivity contribution < 1.29 is 9.90 Å². The maximum atomic E-state index is 10.8. The van der Waals surface area contributed by atoms with E-state index in [2.05, 4.69) is 15.5 Å². The van der Waals surface area contributed by atoms with Crippen LogP contribution in [0.3, 0.4) is 0 Å². The maximum Gasteiger partial charge on any atom is 0.305 e. The Morgan fingerprint density at radius 2 is 2.25 bits per heavy atom. The van der Waals surface area contributed by atoms with Gasteiger partial charge in [0.15, 0.2) is 5.82 Å². The molecule has 0 amide bonds. The summed E-state index contributed by atoms with van der Waals surface area (Å²) >= 11 is 0. The molecule has 1 aliphatic rings. The van der Waals surface area contributed by atoms with Crippen molar-refractivity contribution in [3.05, 3.63) is 5.82 Å². The summed E-state index contributed by atoms with van der Waals surface area (Å²) in [7, 11) is 0. The number of hydrogen-bond acceptors (Lipinski definition) is 4. The first-order chi connectivity index (χ1) is 7.59. The Bertz CT molecular complexity index is 384. The van der Waals surface area contributed by atoms with Crippen LogP contribution in [0.4, 0.5) is 0 Å². The number of carbonyl (C=O) groups is 1. The standard InChI is InChI=1S/C10H16N4O2/c1-6(2)10-11-12-13-14(10)8(5-9(15)16)7-3-4-7/h6-8H,3-5H2,1-2H3,(H,15,16). The Labute approximate surface area is 93.6 Å². The second-order valence-corrected chi connectivity index (χ2v) is 4.64. The summed E-state index contributed by atoms with van der Waals surface area (Å²) in [6.45, 7) is 4.01. The van der Waals surface area contributed by atoms with E-state index in [1.165, 1.54) is 0 Å². The van der Waals surface area contributed by atoms with Gasteiger partial charge in [-0.15, -0.1) is 5.10 Å². The summed E-state index contributed by atoms with van der Waals surface area (Å²) < 4.78 is 1.70. The molecule has 1 aromatic rings. The molecule has 0 aliphatic heterocycles. The molecule has 0 aromatic carbocycles. The number of hydrogen-bond donors (Lipinski definition) is 1. The highest BCUT2D eigenvalue weighted by atomic mass is 16.4. The van der Waals surface area contributed by atoms with Crippen molar-refractivity contribution in [1.29, 1.82) is 0 Å². The molecule has 6 nitrogen and oxygen atoms in total. The Balaban J connectivity index is 2.23. The zero-order valence-corrected chi connectivity index (χ0v) is 9.50. The third kappa shape index (κ3) is 2.20. The number of aliphatic carboxylic acids is 1. The van der Waals surface area contributed by atoms with Gasteiger partial charge in [-0.1, -0.05) is 13.8 Å². The van der Waals surface area contributed by atoms with Crippen LogP contribution >= 0.6 is 0 Å². The topological polar surface area (TPSA) is 80.9 Å². The van der Waals surface area contributed by atoms with E-state index < -0.39 is 5.97 Å². The van der Waals surface area contributed by atoms with Crippen LogP contribution in [0.25, 0.3) is 0 Å². The lowest BCUT2D eigenvalue weighted by Gasteiger charge is -2.16. The van der Waals surface area contributed by atoms with Crippen LogP contribution in [-0.2, 0) is 4.79 Å². The van der Waals surface area contributed by atoms with Gasteiger partial charge < -0.3 is 5.11 Å². The Morgan fingerprint density at radius 1 is 1.56 bits per heavy atom. The van der Waals surface area contributed by atoms with Gasteiger partial charge in [0.2, 0.25) is 0 Å². The SMILES string of the molecule is CC(C)c1nnnn1C(CC(=O)O)C1CC1. The molecule has 1 atom stereocenters. The third-order valence-electron chi connectivity index (χ3n) is 2.90. The second-order valence-electron chi connectivity index (χ2n) is 4.64. The van der Waals surface area contributed by atoms with Gasteiger partial charge in [-0.3, -0.25) is 4.79 Å². The highest BCUT2D eigenvalue weighted by molar-refractivity contribution is 5.67. The number of carboxylic acid groups (broad SMARTS) is 1.